The Morgan fingerprint density at radius 1 is 1.47 bits per heavy atom. The molecule has 0 radical (unpaired) electrons. The number of carbonyl (C=O) groups excluding carboxylic acids is 1. The van der Waals surface area contributed by atoms with Crippen molar-refractivity contribution in [1.82, 2.24) is 14.9 Å². The normalized spacial score (nSPS) is 12.4. The first kappa shape index (κ1) is 24.2. The number of nitrogens with one attached hydrogen (secondary N) is 1. The first-order valence-electron chi connectivity index (χ1n) is 10.1. The van der Waals surface area contributed by atoms with Gasteiger partial charge in [-0.3, -0.25) is 9.69 Å². The molecule has 2 rings (SSSR count). The van der Waals surface area contributed by atoms with Gasteiger partial charge in [0.1, 0.15) is 22.1 Å². The number of aromatic amines is 1. The summed E-state index contributed by atoms with van der Waals surface area (Å²) >= 11 is 1.15. The van der Waals surface area contributed by atoms with E-state index in [0.717, 1.165) is 24.2 Å². The number of carbonyl (C=O) groups is 1. The maximum atomic E-state index is 12.7. The van der Waals surface area contributed by atoms with Crippen LogP contribution in [-0.2, 0) is 16.0 Å². The van der Waals surface area contributed by atoms with Gasteiger partial charge in [0.2, 0.25) is 0 Å². The van der Waals surface area contributed by atoms with Crippen LogP contribution in [0.25, 0.3) is 10.2 Å². The molecular weight excluding hydrogens is 406 g/mol. The minimum Gasteiger partial charge on any atom is -0.457 e. The van der Waals surface area contributed by atoms with Gasteiger partial charge in [0.15, 0.2) is 0 Å². The Morgan fingerprint density at radius 3 is 2.90 bits per heavy atom. The van der Waals surface area contributed by atoms with Crippen molar-refractivity contribution in [1.29, 1.82) is 0 Å². The largest absolute Gasteiger partial charge is 0.457 e. The molecule has 30 heavy (non-hydrogen) atoms. The van der Waals surface area contributed by atoms with Crippen molar-refractivity contribution in [2.75, 3.05) is 33.4 Å². The molecule has 166 valence electrons. The fourth-order valence-corrected chi connectivity index (χ4v) is 4.35. The molecule has 2 heterocycles. The van der Waals surface area contributed by atoms with Crippen LogP contribution in [0.1, 0.15) is 47.2 Å². The average molecular weight is 438 g/mol. The monoisotopic (exact) mass is 437 g/mol. The zero-order valence-corrected chi connectivity index (χ0v) is 18.7. The zero-order valence-electron chi connectivity index (χ0n) is 17.9. The zero-order chi connectivity index (χ0) is 22.1. The third-order valence-electron chi connectivity index (χ3n) is 4.65. The molecule has 1 atom stereocenters. The van der Waals surface area contributed by atoms with E-state index < -0.39 is 12.1 Å². The van der Waals surface area contributed by atoms with Crippen LogP contribution in [0.3, 0.4) is 0 Å². The topological polar surface area (TPSA) is 105 Å². The standard InChI is InChI=1S/C21H31N3O5S/c1-5-8-15(25)12-24(9-7-11-28-4)13-16-22-19(26)17-14(3)18(30-20(17)23-16)21(27)29-10-6-2/h6,15,25H,2,5,7-13H2,1,3-4H3,(H,22,23,26). The molecule has 0 aliphatic heterocycles. The smallest absolute Gasteiger partial charge is 0.348 e. The first-order valence-corrected chi connectivity index (χ1v) is 10.9. The summed E-state index contributed by atoms with van der Waals surface area (Å²) < 4.78 is 10.2. The Bertz CT molecular complexity index is 908. The summed E-state index contributed by atoms with van der Waals surface area (Å²) in [6.45, 7) is 9.59. The summed E-state index contributed by atoms with van der Waals surface area (Å²) in [5.41, 5.74) is 0.289. The van der Waals surface area contributed by atoms with Crippen LogP contribution in [0, 0.1) is 6.92 Å². The van der Waals surface area contributed by atoms with Crippen molar-refractivity contribution < 1.29 is 19.4 Å². The van der Waals surface area contributed by atoms with Gasteiger partial charge in [-0.2, -0.15) is 0 Å². The lowest BCUT2D eigenvalue weighted by atomic mass is 10.2. The number of fused-ring (bicyclic) bond motifs is 1. The number of thiophene rings is 1. The van der Waals surface area contributed by atoms with E-state index in [4.69, 9.17) is 9.47 Å². The molecule has 0 saturated carbocycles. The van der Waals surface area contributed by atoms with Gasteiger partial charge in [0, 0.05) is 26.8 Å². The van der Waals surface area contributed by atoms with Gasteiger partial charge in [0.25, 0.3) is 5.56 Å². The third kappa shape index (κ3) is 6.46. The van der Waals surface area contributed by atoms with Crippen LogP contribution in [0.2, 0.25) is 0 Å². The summed E-state index contributed by atoms with van der Waals surface area (Å²) in [4.78, 5) is 35.3. The number of ether oxygens (including phenoxy) is 2. The molecule has 0 saturated heterocycles. The number of methoxy groups -OCH3 is 1. The highest BCUT2D eigenvalue weighted by molar-refractivity contribution is 7.20. The molecular formula is C21H31N3O5S. The minimum atomic E-state index is -0.486. The lowest BCUT2D eigenvalue weighted by molar-refractivity contribution is 0.0554. The van der Waals surface area contributed by atoms with Crippen LogP contribution < -0.4 is 5.56 Å². The van der Waals surface area contributed by atoms with Crippen LogP contribution in [0.15, 0.2) is 17.4 Å². The van der Waals surface area contributed by atoms with Gasteiger partial charge in [-0.1, -0.05) is 26.0 Å². The highest BCUT2D eigenvalue weighted by Crippen LogP contribution is 2.27. The average Bonchev–Trinajstić information content (AvgIpc) is 3.03. The Hall–Kier alpha value is -2.07. The van der Waals surface area contributed by atoms with E-state index in [9.17, 15) is 14.7 Å². The molecule has 2 aromatic rings. The van der Waals surface area contributed by atoms with E-state index in [1.165, 1.54) is 6.08 Å². The first-order chi connectivity index (χ1) is 14.4. The predicted molar refractivity (Wildman–Crippen MR) is 118 cm³/mol. The SMILES string of the molecule is C=CCOC(=O)c1sc2nc(CN(CCCOC)CC(O)CCC)[nH]c(=O)c2c1C. The molecule has 0 bridgehead atoms. The number of hydrogen-bond donors (Lipinski definition) is 2. The Kier molecular flexibility index (Phi) is 9.64. The molecule has 0 aliphatic carbocycles. The number of nitrogens with zero attached hydrogens (tertiary/aromatic N) is 2. The molecule has 8 nitrogen and oxygen atoms in total. The number of hydrogen-bond acceptors (Lipinski definition) is 8. The Morgan fingerprint density at radius 2 is 2.23 bits per heavy atom. The van der Waals surface area contributed by atoms with Gasteiger partial charge >= 0.3 is 5.97 Å². The predicted octanol–water partition coefficient (Wildman–Crippen LogP) is 2.64. The lowest BCUT2D eigenvalue weighted by Gasteiger charge is -2.24. The second kappa shape index (κ2) is 11.9. The molecule has 0 aromatic carbocycles. The second-order valence-corrected chi connectivity index (χ2v) is 8.16. The van der Waals surface area contributed by atoms with Crippen LogP contribution in [0.5, 0.6) is 0 Å². The maximum absolute atomic E-state index is 12.7. The van der Waals surface area contributed by atoms with Gasteiger partial charge in [-0.25, -0.2) is 9.78 Å². The van der Waals surface area contributed by atoms with Crippen LogP contribution in [0.4, 0.5) is 0 Å². The van der Waals surface area contributed by atoms with E-state index in [-0.39, 0.29) is 12.2 Å². The molecule has 0 spiro atoms. The molecule has 0 amide bonds. The second-order valence-electron chi connectivity index (χ2n) is 7.16. The number of rotatable bonds is 13. The number of H-pyrrole nitrogens is 1. The van der Waals surface area contributed by atoms with Gasteiger partial charge in [-0.05, 0) is 25.3 Å². The fraction of sp³-hybridized carbons (Fsp3) is 0.571. The van der Waals surface area contributed by atoms with Crippen molar-refractivity contribution in [3.05, 3.63) is 39.3 Å². The fourth-order valence-electron chi connectivity index (χ4n) is 3.26. The van der Waals surface area contributed by atoms with E-state index in [0.29, 0.717) is 59.1 Å². The van der Waals surface area contributed by atoms with Crippen LogP contribution in [-0.4, -0.2) is 65.5 Å². The quantitative estimate of drug-likeness (QED) is 0.282. The van der Waals surface area contributed by atoms with Gasteiger partial charge < -0.3 is 19.6 Å². The van der Waals surface area contributed by atoms with Crippen molar-refractivity contribution in [3.63, 3.8) is 0 Å². The summed E-state index contributed by atoms with van der Waals surface area (Å²) in [6.07, 6.45) is 3.47. The molecule has 0 aliphatic rings. The van der Waals surface area contributed by atoms with Crippen molar-refractivity contribution in [3.8, 4) is 0 Å². The summed E-state index contributed by atoms with van der Waals surface area (Å²) in [5, 5.41) is 10.6. The van der Waals surface area contributed by atoms with Crippen molar-refractivity contribution >= 4 is 27.5 Å². The summed E-state index contributed by atoms with van der Waals surface area (Å²) in [6, 6.07) is 0. The van der Waals surface area contributed by atoms with E-state index in [2.05, 4.69) is 21.4 Å². The highest BCUT2D eigenvalue weighted by Gasteiger charge is 2.21. The van der Waals surface area contributed by atoms with E-state index >= 15 is 0 Å². The number of esters is 1. The van der Waals surface area contributed by atoms with E-state index in [1.54, 1.807) is 14.0 Å². The van der Waals surface area contributed by atoms with Crippen molar-refractivity contribution in [2.45, 2.75) is 45.8 Å². The summed E-state index contributed by atoms with van der Waals surface area (Å²) in [7, 11) is 1.65. The highest BCUT2D eigenvalue weighted by atomic mass is 32.1. The number of aliphatic hydroxyl groups excluding tert-OH is 1. The van der Waals surface area contributed by atoms with Crippen molar-refractivity contribution in [2.24, 2.45) is 0 Å². The minimum absolute atomic E-state index is 0.109. The van der Waals surface area contributed by atoms with Crippen LogP contribution >= 0.6 is 11.3 Å². The summed E-state index contributed by atoms with van der Waals surface area (Å²) in [5.74, 6) is 0.0149. The Labute approximate surface area is 180 Å². The van der Waals surface area contributed by atoms with E-state index in [1.807, 2.05) is 6.92 Å². The lowest BCUT2D eigenvalue weighted by Crippen LogP contribution is -2.34. The molecule has 9 heteroatoms. The Balaban J connectivity index is 2.27. The number of aliphatic hydroxyl groups is 1. The third-order valence-corrected chi connectivity index (χ3v) is 5.82. The molecule has 1 unspecified atom stereocenters. The van der Waals surface area contributed by atoms with Gasteiger partial charge in [0.05, 0.1) is 18.0 Å². The number of aromatic nitrogens is 2. The molecule has 2 N–H and O–H groups in total. The maximum Gasteiger partial charge on any atom is 0.348 e. The molecule has 2 aromatic heterocycles. The van der Waals surface area contributed by atoms with Gasteiger partial charge in [-0.15, -0.1) is 11.3 Å². The molecule has 0 fully saturated rings. The number of aryl methyl sites for hydroxylation is 1.